The third kappa shape index (κ3) is 3.54. The van der Waals surface area contributed by atoms with E-state index < -0.39 is 0 Å². The standard InChI is InChI=1S/C22H24N4O2/c1-15-17(19-11-5-6-13-23-19)9-8-10-18(15)22(27)26-14-7-3-4-12-20(26)21-24-16(2)28-25-21/h5-6,8-11,13,20H,3-4,7,12,14H2,1-2H3. The van der Waals surface area contributed by atoms with Crippen LogP contribution in [0.2, 0.25) is 0 Å². The Balaban J connectivity index is 1.71. The first-order chi connectivity index (χ1) is 13.6. The number of likely N-dealkylation sites (tertiary alicyclic amines) is 1. The first-order valence-corrected chi connectivity index (χ1v) is 9.77. The van der Waals surface area contributed by atoms with E-state index in [1.807, 2.05) is 48.2 Å². The van der Waals surface area contributed by atoms with Crippen molar-refractivity contribution in [3.8, 4) is 11.3 Å². The molecule has 1 amide bonds. The zero-order valence-electron chi connectivity index (χ0n) is 16.3. The van der Waals surface area contributed by atoms with Crippen LogP contribution in [0.3, 0.4) is 0 Å². The van der Waals surface area contributed by atoms with Crippen LogP contribution in [-0.2, 0) is 0 Å². The van der Waals surface area contributed by atoms with Crippen molar-refractivity contribution in [3.63, 3.8) is 0 Å². The fourth-order valence-electron chi connectivity index (χ4n) is 3.89. The highest BCUT2D eigenvalue weighted by atomic mass is 16.5. The summed E-state index contributed by atoms with van der Waals surface area (Å²) in [6, 6.07) is 11.5. The van der Waals surface area contributed by atoms with Gasteiger partial charge in [0.25, 0.3) is 5.91 Å². The highest BCUT2D eigenvalue weighted by Crippen LogP contribution is 2.32. The topological polar surface area (TPSA) is 72.1 Å². The molecule has 0 saturated carbocycles. The lowest BCUT2D eigenvalue weighted by molar-refractivity contribution is 0.0669. The Morgan fingerprint density at radius 3 is 2.75 bits per heavy atom. The number of amides is 1. The normalized spacial score (nSPS) is 17.4. The molecule has 1 atom stereocenters. The summed E-state index contributed by atoms with van der Waals surface area (Å²) >= 11 is 0. The Hall–Kier alpha value is -3.02. The minimum atomic E-state index is -0.148. The highest BCUT2D eigenvalue weighted by Gasteiger charge is 2.31. The molecule has 0 N–H and O–H groups in total. The van der Waals surface area contributed by atoms with Crippen molar-refractivity contribution in [1.82, 2.24) is 20.0 Å². The lowest BCUT2D eigenvalue weighted by atomic mass is 9.98. The van der Waals surface area contributed by atoms with E-state index in [0.717, 1.165) is 42.5 Å². The number of hydrogen-bond acceptors (Lipinski definition) is 5. The molecule has 1 aromatic carbocycles. The number of nitrogens with zero attached hydrogens (tertiary/aromatic N) is 4. The van der Waals surface area contributed by atoms with Gasteiger partial charge in [-0.1, -0.05) is 36.2 Å². The molecule has 1 saturated heterocycles. The quantitative estimate of drug-likeness (QED) is 0.673. The van der Waals surface area contributed by atoms with Crippen LogP contribution in [0.4, 0.5) is 0 Å². The summed E-state index contributed by atoms with van der Waals surface area (Å²) in [7, 11) is 0. The Morgan fingerprint density at radius 2 is 2.00 bits per heavy atom. The van der Waals surface area contributed by atoms with E-state index in [2.05, 4.69) is 15.1 Å². The van der Waals surface area contributed by atoms with Crippen molar-refractivity contribution in [2.24, 2.45) is 0 Å². The Morgan fingerprint density at radius 1 is 1.11 bits per heavy atom. The van der Waals surface area contributed by atoms with Crippen molar-refractivity contribution in [2.45, 2.75) is 45.6 Å². The molecule has 1 aliphatic rings. The Labute approximate surface area is 164 Å². The predicted octanol–water partition coefficient (Wildman–Crippen LogP) is 4.51. The minimum Gasteiger partial charge on any atom is -0.340 e. The fraction of sp³-hybridized carbons (Fsp3) is 0.364. The van der Waals surface area contributed by atoms with Crippen LogP contribution in [0.25, 0.3) is 11.3 Å². The second kappa shape index (κ2) is 7.92. The molecule has 6 nitrogen and oxygen atoms in total. The predicted molar refractivity (Wildman–Crippen MR) is 106 cm³/mol. The summed E-state index contributed by atoms with van der Waals surface area (Å²) in [6.45, 7) is 4.47. The van der Waals surface area contributed by atoms with Gasteiger partial charge in [-0.25, -0.2) is 0 Å². The number of carbonyl (C=O) groups excluding carboxylic acids is 1. The lowest BCUT2D eigenvalue weighted by Crippen LogP contribution is -2.35. The number of rotatable bonds is 3. The van der Waals surface area contributed by atoms with E-state index in [0.29, 0.717) is 23.8 Å². The zero-order valence-corrected chi connectivity index (χ0v) is 16.3. The summed E-state index contributed by atoms with van der Waals surface area (Å²) < 4.78 is 5.19. The summed E-state index contributed by atoms with van der Waals surface area (Å²) in [5, 5.41) is 4.10. The van der Waals surface area contributed by atoms with Crippen molar-refractivity contribution in [1.29, 1.82) is 0 Å². The van der Waals surface area contributed by atoms with E-state index >= 15 is 0 Å². The largest absolute Gasteiger partial charge is 0.340 e. The molecule has 144 valence electrons. The number of pyridine rings is 1. The van der Waals surface area contributed by atoms with Gasteiger partial charge in [-0.2, -0.15) is 4.98 Å². The summed E-state index contributed by atoms with van der Waals surface area (Å²) in [6.07, 6.45) is 5.76. The molecule has 1 aliphatic heterocycles. The lowest BCUT2D eigenvalue weighted by Gasteiger charge is -2.28. The summed E-state index contributed by atoms with van der Waals surface area (Å²) in [5.74, 6) is 1.15. The second-order valence-corrected chi connectivity index (χ2v) is 7.23. The van der Waals surface area contributed by atoms with Gasteiger partial charge < -0.3 is 9.42 Å². The molecule has 3 heterocycles. The molecule has 6 heteroatoms. The van der Waals surface area contributed by atoms with Crippen molar-refractivity contribution in [2.75, 3.05) is 6.54 Å². The monoisotopic (exact) mass is 376 g/mol. The molecule has 3 aromatic rings. The van der Waals surface area contributed by atoms with Crippen LogP contribution in [0.1, 0.15) is 59.4 Å². The molecule has 28 heavy (non-hydrogen) atoms. The van der Waals surface area contributed by atoms with E-state index in [-0.39, 0.29) is 11.9 Å². The van der Waals surface area contributed by atoms with Crippen molar-refractivity contribution < 1.29 is 9.32 Å². The molecule has 0 radical (unpaired) electrons. The maximum Gasteiger partial charge on any atom is 0.254 e. The van der Waals surface area contributed by atoms with Crippen molar-refractivity contribution in [3.05, 3.63) is 65.4 Å². The molecule has 1 fully saturated rings. The van der Waals surface area contributed by atoms with Gasteiger partial charge >= 0.3 is 0 Å². The molecular formula is C22H24N4O2. The van der Waals surface area contributed by atoms with Gasteiger partial charge in [-0.05, 0) is 43.5 Å². The van der Waals surface area contributed by atoms with E-state index in [4.69, 9.17) is 4.52 Å². The molecule has 2 aromatic heterocycles. The van der Waals surface area contributed by atoms with Crippen molar-refractivity contribution >= 4 is 5.91 Å². The van der Waals surface area contributed by atoms with Gasteiger partial charge in [0.2, 0.25) is 5.89 Å². The highest BCUT2D eigenvalue weighted by molar-refractivity contribution is 5.97. The van der Waals surface area contributed by atoms with Gasteiger partial charge in [-0.15, -0.1) is 0 Å². The van der Waals surface area contributed by atoms with Crippen LogP contribution >= 0.6 is 0 Å². The van der Waals surface area contributed by atoms with Crippen LogP contribution < -0.4 is 0 Å². The van der Waals surface area contributed by atoms with Crippen LogP contribution in [-0.4, -0.2) is 32.5 Å². The van der Waals surface area contributed by atoms with Gasteiger partial charge in [0.15, 0.2) is 5.82 Å². The number of aromatic nitrogens is 3. The average Bonchev–Trinajstić information content (AvgIpc) is 3.00. The minimum absolute atomic E-state index is 0.0182. The van der Waals surface area contributed by atoms with Gasteiger partial charge in [0, 0.05) is 30.8 Å². The smallest absolute Gasteiger partial charge is 0.254 e. The Kier molecular flexibility index (Phi) is 5.19. The van der Waals surface area contributed by atoms with Crippen LogP contribution in [0.15, 0.2) is 47.1 Å². The summed E-state index contributed by atoms with van der Waals surface area (Å²) in [5.41, 5.74) is 3.50. The zero-order chi connectivity index (χ0) is 19.5. The number of benzene rings is 1. The molecule has 1 unspecified atom stereocenters. The number of carbonyl (C=O) groups is 1. The van der Waals surface area contributed by atoms with E-state index in [1.54, 1.807) is 13.1 Å². The molecule has 0 bridgehead atoms. The molecule has 0 aliphatic carbocycles. The fourth-order valence-corrected chi connectivity index (χ4v) is 3.89. The second-order valence-electron chi connectivity index (χ2n) is 7.23. The van der Waals surface area contributed by atoms with Gasteiger partial charge in [0.05, 0.1) is 11.7 Å². The van der Waals surface area contributed by atoms with Crippen LogP contribution in [0, 0.1) is 13.8 Å². The first kappa shape index (κ1) is 18.3. The van der Waals surface area contributed by atoms with E-state index in [1.165, 1.54) is 0 Å². The number of aryl methyl sites for hydroxylation is 1. The first-order valence-electron chi connectivity index (χ1n) is 9.77. The average molecular weight is 376 g/mol. The van der Waals surface area contributed by atoms with E-state index in [9.17, 15) is 4.79 Å². The molecular weight excluding hydrogens is 352 g/mol. The third-order valence-corrected chi connectivity index (χ3v) is 5.36. The molecule has 0 spiro atoms. The van der Waals surface area contributed by atoms with Crippen LogP contribution in [0.5, 0.6) is 0 Å². The van der Waals surface area contributed by atoms with Gasteiger partial charge in [0.1, 0.15) is 0 Å². The molecule has 4 rings (SSSR count). The number of hydrogen-bond donors (Lipinski definition) is 0. The maximum absolute atomic E-state index is 13.6. The third-order valence-electron chi connectivity index (χ3n) is 5.36. The maximum atomic E-state index is 13.6. The Bertz CT molecular complexity index is 968. The summed E-state index contributed by atoms with van der Waals surface area (Å²) in [4.78, 5) is 24.3. The van der Waals surface area contributed by atoms with Gasteiger partial charge in [-0.3, -0.25) is 9.78 Å². The SMILES string of the molecule is Cc1nc(C2CCCCCN2C(=O)c2cccc(-c3ccccn3)c2C)no1.